The van der Waals surface area contributed by atoms with E-state index < -0.39 is 0 Å². The van der Waals surface area contributed by atoms with Gasteiger partial charge in [0, 0.05) is 25.0 Å². The maximum atomic E-state index is 12.0. The first-order chi connectivity index (χ1) is 8.08. The number of likely N-dealkylation sites (tertiary alicyclic amines) is 1. The average molecular weight is 254 g/mol. The SMILES string of the molecule is CN(CC1CCCN1C)C(=O)c1csc(N)n1. The molecule has 0 aromatic carbocycles. The van der Waals surface area contributed by atoms with E-state index in [9.17, 15) is 4.79 Å². The fourth-order valence-corrected chi connectivity index (χ4v) is 2.73. The molecule has 5 nitrogen and oxygen atoms in total. The van der Waals surface area contributed by atoms with Crippen molar-refractivity contribution < 1.29 is 4.79 Å². The number of aromatic nitrogens is 1. The number of carbonyl (C=O) groups is 1. The molecule has 1 unspecified atom stereocenters. The fraction of sp³-hybridized carbons (Fsp3) is 0.636. The molecule has 0 bridgehead atoms. The molecule has 94 valence electrons. The first kappa shape index (κ1) is 12.3. The smallest absolute Gasteiger partial charge is 0.273 e. The molecule has 0 saturated carbocycles. The van der Waals surface area contributed by atoms with E-state index in [4.69, 9.17) is 5.73 Å². The van der Waals surface area contributed by atoms with Crippen molar-refractivity contribution in [2.45, 2.75) is 18.9 Å². The van der Waals surface area contributed by atoms with Crippen molar-refractivity contribution in [1.82, 2.24) is 14.8 Å². The molecule has 1 saturated heterocycles. The lowest BCUT2D eigenvalue weighted by atomic mass is 10.2. The number of hydrogen-bond acceptors (Lipinski definition) is 5. The Hall–Kier alpha value is -1.14. The van der Waals surface area contributed by atoms with Crippen LogP contribution in [0.5, 0.6) is 0 Å². The van der Waals surface area contributed by atoms with Gasteiger partial charge in [-0.2, -0.15) is 0 Å². The molecule has 1 aliphatic heterocycles. The van der Waals surface area contributed by atoms with Gasteiger partial charge in [-0.05, 0) is 26.4 Å². The van der Waals surface area contributed by atoms with Crippen molar-refractivity contribution in [3.63, 3.8) is 0 Å². The van der Waals surface area contributed by atoms with Crippen molar-refractivity contribution in [1.29, 1.82) is 0 Å². The molecule has 1 aromatic rings. The van der Waals surface area contributed by atoms with Crippen molar-refractivity contribution in [3.05, 3.63) is 11.1 Å². The number of thiazole rings is 1. The highest BCUT2D eigenvalue weighted by Gasteiger charge is 2.24. The number of rotatable bonds is 3. The van der Waals surface area contributed by atoms with Crippen molar-refractivity contribution >= 4 is 22.4 Å². The van der Waals surface area contributed by atoms with E-state index in [1.165, 1.54) is 17.8 Å². The average Bonchev–Trinajstić information content (AvgIpc) is 2.88. The monoisotopic (exact) mass is 254 g/mol. The molecular weight excluding hydrogens is 236 g/mol. The van der Waals surface area contributed by atoms with Gasteiger partial charge in [0.15, 0.2) is 5.13 Å². The van der Waals surface area contributed by atoms with Crippen LogP contribution in [-0.2, 0) is 0 Å². The fourth-order valence-electron chi connectivity index (χ4n) is 2.19. The van der Waals surface area contributed by atoms with Crippen LogP contribution in [0, 0.1) is 0 Å². The Bertz CT molecular complexity index is 406. The van der Waals surface area contributed by atoms with Gasteiger partial charge in [-0.25, -0.2) is 4.98 Å². The van der Waals surface area contributed by atoms with E-state index in [2.05, 4.69) is 16.9 Å². The Morgan fingerprint density at radius 1 is 1.76 bits per heavy atom. The lowest BCUT2D eigenvalue weighted by Crippen LogP contribution is -2.39. The van der Waals surface area contributed by atoms with Gasteiger partial charge in [-0.3, -0.25) is 4.79 Å². The van der Waals surface area contributed by atoms with Crippen molar-refractivity contribution in [2.75, 3.05) is 32.9 Å². The Morgan fingerprint density at radius 3 is 3.06 bits per heavy atom. The van der Waals surface area contributed by atoms with E-state index in [0.29, 0.717) is 16.9 Å². The highest BCUT2D eigenvalue weighted by Crippen LogP contribution is 2.17. The van der Waals surface area contributed by atoms with Gasteiger partial charge in [0.25, 0.3) is 5.91 Å². The second-order valence-electron chi connectivity index (χ2n) is 4.53. The Kier molecular flexibility index (Phi) is 3.63. The number of likely N-dealkylation sites (N-methyl/N-ethyl adjacent to an activating group) is 2. The van der Waals surface area contributed by atoms with Crippen LogP contribution in [0.3, 0.4) is 0 Å². The molecule has 2 N–H and O–H groups in total. The Labute approximate surface area is 105 Å². The second-order valence-corrected chi connectivity index (χ2v) is 5.42. The summed E-state index contributed by atoms with van der Waals surface area (Å²) in [7, 11) is 3.93. The summed E-state index contributed by atoms with van der Waals surface area (Å²) >= 11 is 1.30. The predicted molar refractivity (Wildman–Crippen MR) is 69.1 cm³/mol. The van der Waals surface area contributed by atoms with Crippen LogP contribution in [0.15, 0.2) is 5.38 Å². The molecule has 0 radical (unpaired) electrons. The summed E-state index contributed by atoms with van der Waals surface area (Å²) in [4.78, 5) is 20.1. The summed E-state index contributed by atoms with van der Waals surface area (Å²) in [6.45, 7) is 1.88. The van der Waals surface area contributed by atoms with E-state index in [1.54, 1.807) is 10.3 Å². The zero-order chi connectivity index (χ0) is 12.4. The summed E-state index contributed by atoms with van der Waals surface area (Å²) in [5.74, 6) is -0.0433. The number of carbonyl (C=O) groups excluding carboxylic acids is 1. The van der Waals surface area contributed by atoms with Crippen molar-refractivity contribution in [2.24, 2.45) is 0 Å². The molecule has 2 heterocycles. The maximum absolute atomic E-state index is 12.0. The number of nitrogens with zero attached hydrogens (tertiary/aromatic N) is 3. The quantitative estimate of drug-likeness (QED) is 0.870. The number of nitrogens with two attached hydrogens (primary N) is 1. The zero-order valence-corrected chi connectivity index (χ0v) is 11.0. The topological polar surface area (TPSA) is 62.5 Å². The van der Waals surface area contributed by atoms with Crippen molar-refractivity contribution in [3.8, 4) is 0 Å². The van der Waals surface area contributed by atoms with Crippen LogP contribution in [0.25, 0.3) is 0 Å². The van der Waals surface area contributed by atoms with Crippen LogP contribution in [-0.4, -0.2) is 53.9 Å². The third kappa shape index (κ3) is 2.76. The van der Waals surface area contributed by atoms with Crippen LogP contribution in [0.2, 0.25) is 0 Å². The molecule has 17 heavy (non-hydrogen) atoms. The van der Waals surface area contributed by atoms with Gasteiger partial charge in [0.1, 0.15) is 5.69 Å². The van der Waals surface area contributed by atoms with E-state index in [0.717, 1.165) is 19.5 Å². The van der Waals surface area contributed by atoms with E-state index in [-0.39, 0.29) is 5.91 Å². The summed E-state index contributed by atoms with van der Waals surface area (Å²) in [6.07, 6.45) is 2.38. The van der Waals surface area contributed by atoms with E-state index in [1.807, 2.05) is 7.05 Å². The number of amides is 1. The Morgan fingerprint density at radius 2 is 2.53 bits per heavy atom. The summed E-state index contributed by atoms with van der Waals surface area (Å²) in [5.41, 5.74) is 5.98. The van der Waals surface area contributed by atoms with Crippen LogP contribution in [0.4, 0.5) is 5.13 Å². The van der Waals surface area contributed by atoms with Crippen LogP contribution >= 0.6 is 11.3 Å². The Balaban J connectivity index is 1.95. The minimum atomic E-state index is -0.0433. The normalized spacial score (nSPS) is 20.7. The van der Waals surface area contributed by atoms with Gasteiger partial charge >= 0.3 is 0 Å². The molecule has 6 heteroatoms. The first-order valence-electron chi connectivity index (χ1n) is 5.74. The summed E-state index contributed by atoms with van der Waals surface area (Å²) in [5, 5.41) is 2.16. The second kappa shape index (κ2) is 5.01. The molecule has 2 rings (SSSR count). The van der Waals surface area contributed by atoms with Gasteiger partial charge in [-0.1, -0.05) is 0 Å². The molecule has 1 atom stereocenters. The van der Waals surface area contributed by atoms with Gasteiger partial charge in [-0.15, -0.1) is 11.3 Å². The number of hydrogen-bond donors (Lipinski definition) is 1. The largest absolute Gasteiger partial charge is 0.375 e. The molecular formula is C11H18N4OS. The van der Waals surface area contributed by atoms with Crippen LogP contribution < -0.4 is 5.73 Å². The predicted octanol–water partition coefficient (Wildman–Crippen LogP) is 0.891. The molecule has 1 fully saturated rings. The lowest BCUT2D eigenvalue weighted by molar-refractivity contribution is 0.0756. The van der Waals surface area contributed by atoms with Gasteiger partial charge in [0.05, 0.1) is 0 Å². The summed E-state index contributed by atoms with van der Waals surface area (Å²) < 4.78 is 0. The van der Waals surface area contributed by atoms with E-state index >= 15 is 0 Å². The van der Waals surface area contributed by atoms with Crippen LogP contribution in [0.1, 0.15) is 23.3 Å². The number of nitrogen functional groups attached to an aromatic ring is 1. The minimum Gasteiger partial charge on any atom is -0.375 e. The number of anilines is 1. The molecule has 0 spiro atoms. The molecule has 1 amide bonds. The first-order valence-corrected chi connectivity index (χ1v) is 6.62. The minimum absolute atomic E-state index is 0.0433. The molecule has 1 aromatic heterocycles. The van der Waals surface area contributed by atoms with Gasteiger partial charge in [0.2, 0.25) is 0 Å². The highest BCUT2D eigenvalue weighted by atomic mass is 32.1. The molecule has 0 aliphatic carbocycles. The maximum Gasteiger partial charge on any atom is 0.273 e. The standard InChI is InChI=1S/C11H18N4OS/c1-14-5-3-4-8(14)6-15(2)10(16)9-7-17-11(12)13-9/h7-8H,3-6H2,1-2H3,(H2,12,13). The summed E-state index contributed by atoms with van der Waals surface area (Å²) in [6, 6.07) is 0.472. The zero-order valence-electron chi connectivity index (χ0n) is 10.2. The third-order valence-electron chi connectivity index (χ3n) is 3.24. The third-order valence-corrected chi connectivity index (χ3v) is 3.92. The molecule has 1 aliphatic rings. The lowest BCUT2D eigenvalue weighted by Gasteiger charge is -2.25. The van der Waals surface area contributed by atoms with Gasteiger partial charge < -0.3 is 15.5 Å². The highest BCUT2D eigenvalue weighted by molar-refractivity contribution is 7.13.